The van der Waals surface area contributed by atoms with Gasteiger partial charge in [0.05, 0.1) is 11.3 Å². The van der Waals surface area contributed by atoms with Crippen LogP contribution in [0.15, 0.2) is 17.2 Å². The molecule has 1 fully saturated rings. The second kappa shape index (κ2) is 5.85. The van der Waals surface area contributed by atoms with Crippen molar-refractivity contribution < 1.29 is 14.7 Å². The van der Waals surface area contributed by atoms with E-state index in [0.29, 0.717) is 12.2 Å². The molecule has 0 aliphatic carbocycles. The van der Waals surface area contributed by atoms with Crippen LogP contribution in [0.25, 0.3) is 10.4 Å². The van der Waals surface area contributed by atoms with Gasteiger partial charge in [-0.05, 0) is 42.5 Å². The van der Waals surface area contributed by atoms with Crippen LogP contribution in [0.1, 0.15) is 27.9 Å². The fourth-order valence-electron chi connectivity index (χ4n) is 2.75. The Kier molecular flexibility index (Phi) is 4.14. The van der Waals surface area contributed by atoms with Crippen LogP contribution in [0.4, 0.5) is 5.69 Å². The second-order valence-corrected chi connectivity index (χ2v) is 5.27. The lowest BCUT2D eigenvalue weighted by Gasteiger charge is -2.22. The molecule has 1 aromatic rings. The molecule has 21 heavy (non-hydrogen) atoms. The van der Waals surface area contributed by atoms with Crippen LogP contribution in [0, 0.1) is 19.8 Å². The molecule has 1 aromatic carbocycles. The van der Waals surface area contributed by atoms with Gasteiger partial charge in [0.25, 0.3) is 0 Å². The second-order valence-electron chi connectivity index (χ2n) is 5.27. The molecule has 1 N–H and O–H groups in total. The van der Waals surface area contributed by atoms with E-state index in [1.807, 2.05) is 13.0 Å². The first-order valence-electron chi connectivity index (χ1n) is 6.59. The highest BCUT2D eigenvalue weighted by atomic mass is 16.4. The Morgan fingerprint density at radius 1 is 1.52 bits per heavy atom. The fourth-order valence-corrected chi connectivity index (χ4v) is 2.75. The predicted molar refractivity (Wildman–Crippen MR) is 77.3 cm³/mol. The summed E-state index contributed by atoms with van der Waals surface area (Å²) in [5.41, 5.74) is 10.5. The number of carboxylic acids is 1. The van der Waals surface area contributed by atoms with E-state index in [1.165, 1.54) is 4.90 Å². The molecule has 0 spiro atoms. The number of nitrogens with zero attached hydrogens (tertiary/aromatic N) is 4. The average Bonchev–Trinajstić information content (AvgIpc) is 2.76. The Balaban J connectivity index is 2.40. The van der Waals surface area contributed by atoms with E-state index in [-0.39, 0.29) is 30.4 Å². The molecule has 0 saturated carbocycles. The van der Waals surface area contributed by atoms with Gasteiger partial charge in [0.2, 0.25) is 5.91 Å². The third-order valence-electron chi connectivity index (χ3n) is 3.55. The molecule has 110 valence electrons. The number of carbonyl (C=O) groups is 2. The van der Waals surface area contributed by atoms with E-state index in [1.54, 1.807) is 13.0 Å². The van der Waals surface area contributed by atoms with Gasteiger partial charge in [-0.2, -0.15) is 0 Å². The topological polar surface area (TPSA) is 106 Å². The molecule has 0 bridgehead atoms. The van der Waals surface area contributed by atoms with Crippen LogP contribution in [-0.4, -0.2) is 30.1 Å². The van der Waals surface area contributed by atoms with Crippen molar-refractivity contribution in [3.63, 3.8) is 0 Å². The number of hydrogen-bond donors (Lipinski definition) is 1. The van der Waals surface area contributed by atoms with Gasteiger partial charge in [0.1, 0.15) is 0 Å². The molecule has 1 heterocycles. The minimum Gasteiger partial charge on any atom is -0.478 e. The highest BCUT2D eigenvalue weighted by Gasteiger charge is 2.33. The maximum Gasteiger partial charge on any atom is 0.337 e. The number of carbonyl (C=O) groups excluding carboxylic acids is 1. The van der Waals surface area contributed by atoms with E-state index in [9.17, 15) is 14.7 Å². The number of anilines is 1. The maximum absolute atomic E-state index is 12.2. The van der Waals surface area contributed by atoms with Gasteiger partial charge in [-0.1, -0.05) is 11.2 Å². The predicted octanol–water partition coefficient (Wildman–Crippen LogP) is 2.66. The van der Waals surface area contributed by atoms with Crippen LogP contribution < -0.4 is 4.90 Å². The van der Waals surface area contributed by atoms with Crippen molar-refractivity contribution in [3.05, 3.63) is 39.3 Å². The van der Waals surface area contributed by atoms with Crippen molar-refractivity contribution in [2.45, 2.75) is 20.3 Å². The zero-order valence-electron chi connectivity index (χ0n) is 11.9. The molecule has 1 saturated heterocycles. The number of azide groups is 1. The zero-order valence-corrected chi connectivity index (χ0v) is 11.9. The molecule has 0 aromatic heterocycles. The molecule has 1 unspecified atom stereocenters. The molecule has 1 amide bonds. The van der Waals surface area contributed by atoms with Gasteiger partial charge in [0, 0.05) is 24.4 Å². The monoisotopic (exact) mass is 288 g/mol. The number of carboxylic acid groups (broad SMARTS) is 1. The van der Waals surface area contributed by atoms with Gasteiger partial charge < -0.3 is 10.0 Å². The number of aryl methyl sites for hydroxylation is 2. The highest BCUT2D eigenvalue weighted by Crippen LogP contribution is 2.32. The summed E-state index contributed by atoms with van der Waals surface area (Å²) in [7, 11) is 0. The SMILES string of the molecule is Cc1cc(C)c(N2CC(CN=[N+]=[N-])CC2=O)c(C(=O)O)c1. The minimum atomic E-state index is -1.05. The molecule has 7 heteroatoms. The van der Waals surface area contributed by atoms with Crippen molar-refractivity contribution in [1.29, 1.82) is 0 Å². The number of hydrogen-bond acceptors (Lipinski definition) is 3. The first-order valence-corrected chi connectivity index (χ1v) is 6.59. The minimum absolute atomic E-state index is 0.0734. The van der Waals surface area contributed by atoms with Crippen molar-refractivity contribution in [3.8, 4) is 0 Å². The fraction of sp³-hybridized carbons (Fsp3) is 0.429. The molecule has 1 atom stereocenters. The normalized spacial score (nSPS) is 17.7. The Morgan fingerprint density at radius 3 is 2.86 bits per heavy atom. The van der Waals surface area contributed by atoms with Gasteiger partial charge in [0.15, 0.2) is 0 Å². The van der Waals surface area contributed by atoms with E-state index >= 15 is 0 Å². The van der Waals surface area contributed by atoms with E-state index in [2.05, 4.69) is 10.0 Å². The molecule has 1 aliphatic heterocycles. The van der Waals surface area contributed by atoms with E-state index in [0.717, 1.165) is 11.1 Å². The molecule has 0 radical (unpaired) electrons. The van der Waals surface area contributed by atoms with Crippen LogP contribution in [0.3, 0.4) is 0 Å². The third kappa shape index (κ3) is 2.98. The third-order valence-corrected chi connectivity index (χ3v) is 3.55. The zero-order chi connectivity index (χ0) is 15.6. The van der Waals surface area contributed by atoms with Crippen molar-refractivity contribution in [2.24, 2.45) is 11.0 Å². The lowest BCUT2D eigenvalue weighted by Crippen LogP contribution is -2.27. The molecular formula is C14H16N4O3. The van der Waals surface area contributed by atoms with Crippen molar-refractivity contribution >= 4 is 17.6 Å². The van der Waals surface area contributed by atoms with Crippen LogP contribution >= 0.6 is 0 Å². The smallest absolute Gasteiger partial charge is 0.337 e. The number of aromatic carboxylic acids is 1. The lowest BCUT2D eigenvalue weighted by molar-refractivity contribution is -0.117. The van der Waals surface area contributed by atoms with Crippen molar-refractivity contribution in [1.82, 2.24) is 0 Å². The average molecular weight is 288 g/mol. The number of rotatable bonds is 4. The summed E-state index contributed by atoms with van der Waals surface area (Å²) in [6.07, 6.45) is 0.269. The number of amides is 1. The van der Waals surface area contributed by atoms with E-state index in [4.69, 9.17) is 5.53 Å². The van der Waals surface area contributed by atoms with Crippen LogP contribution in [0.2, 0.25) is 0 Å². The Hall–Kier alpha value is -2.53. The molecule has 2 rings (SSSR count). The van der Waals surface area contributed by atoms with Gasteiger partial charge in [-0.3, -0.25) is 4.79 Å². The Morgan fingerprint density at radius 2 is 2.24 bits per heavy atom. The summed E-state index contributed by atoms with van der Waals surface area (Å²) in [5.74, 6) is -1.26. The summed E-state index contributed by atoms with van der Waals surface area (Å²) in [6, 6.07) is 3.43. The summed E-state index contributed by atoms with van der Waals surface area (Å²) < 4.78 is 0. The van der Waals surface area contributed by atoms with Gasteiger partial charge >= 0.3 is 5.97 Å². The number of benzene rings is 1. The van der Waals surface area contributed by atoms with Gasteiger partial charge in [-0.15, -0.1) is 0 Å². The van der Waals surface area contributed by atoms with Crippen LogP contribution in [-0.2, 0) is 4.79 Å². The standard InChI is InChI=1S/C14H16N4O3/c1-8-3-9(2)13(11(4-8)14(20)21)18-7-10(5-12(18)19)6-16-17-15/h3-4,10H,5-7H2,1-2H3,(H,20,21). The van der Waals surface area contributed by atoms with Crippen molar-refractivity contribution in [2.75, 3.05) is 18.0 Å². The lowest BCUT2D eigenvalue weighted by atomic mass is 10.0. The molecular weight excluding hydrogens is 272 g/mol. The maximum atomic E-state index is 12.2. The molecule has 1 aliphatic rings. The quantitative estimate of drug-likeness (QED) is 0.522. The summed E-state index contributed by atoms with van der Waals surface area (Å²) >= 11 is 0. The summed E-state index contributed by atoms with van der Waals surface area (Å²) in [4.78, 5) is 27.8. The Bertz CT molecular complexity index is 650. The largest absolute Gasteiger partial charge is 0.478 e. The molecule has 7 nitrogen and oxygen atoms in total. The first kappa shape index (κ1) is 14.9. The van der Waals surface area contributed by atoms with E-state index < -0.39 is 5.97 Å². The highest BCUT2D eigenvalue weighted by molar-refractivity contribution is 6.04. The summed E-state index contributed by atoms with van der Waals surface area (Å²) in [6.45, 7) is 4.23. The first-order chi connectivity index (χ1) is 9.93. The summed E-state index contributed by atoms with van der Waals surface area (Å²) in [5, 5.41) is 12.9. The van der Waals surface area contributed by atoms with Crippen LogP contribution in [0.5, 0.6) is 0 Å². The van der Waals surface area contributed by atoms with Gasteiger partial charge in [-0.25, -0.2) is 4.79 Å². The Labute approximate surface area is 121 Å².